The molecule has 2 N–H and O–H groups in total. The van der Waals surface area contributed by atoms with E-state index in [4.69, 9.17) is 27.9 Å². The van der Waals surface area contributed by atoms with Gasteiger partial charge >= 0.3 is 6.18 Å². The van der Waals surface area contributed by atoms with Crippen LogP contribution < -0.4 is 15.4 Å². The van der Waals surface area contributed by atoms with Crippen LogP contribution in [0.2, 0.25) is 10.0 Å². The monoisotopic (exact) mass is 642 g/mol. The van der Waals surface area contributed by atoms with E-state index in [0.717, 1.165) is 11.6 Å². The van der Waals surface area contributed by atoms with Gasteiger partial charge in [0.15, 0.2) is 11.6 Å². The molecule has 226 valence electrons. The third kappa shape index (κ3) is 5.92. The average molecular weight is 643 g/mol. The predicted octanol–water partition coefficient (Wildman–Crippen LogP) is 7.91. The number of anilines is 1. The van der Waals surface area contributed by atoms with Gasteiger partial charge in [0.25, 0.3) is 5.91 Å². The van der Waals surface area contributed by atoms with Gasteiger partial charge in [0.05, 0.1) is 24.2 Å². The lowest BCUT2D eigenvalue weighted by atomic mass is 9.83. The van der Waals surface area contributed by atoms with Crippen LogP contribution in [0.4, 0.5) is 32.0 Å². The molecule has 4 atom stereocenters. The minimum Gasteiger partial charge on any atom is -0.496 e. The molecule has 2 aliphatic carbocycles. The van der Waals surface area contributed by atoms with Crippen LogP contribution in [-0.4, -0.2) is 25.0 Å². The van der Waals surface area contributed by atoms with E-state index in [1.54, 1.807) is 24.3 Å². The van der Waals surface area contributed by atoms with Gasteiger partial charge in [-0.3, -0.25) is 9.59 Å². The summed E-state index contributed by atoms with van der Waals surface area (Å²) in [5.74, 6) is -7.80. The maximum absolute atomic E-state index is 14.1. The molecule has 0 spiro atoms. The molecule has 2 amide bonds. The van der Waals surface area contributed by atoms with Gasteiger partial charge in [-0.1, -0.05) is 40.9 Å². The Labute approximate surface area is 251 Å². The van der Waals surface area contributed by atoms with Crippen LogP contribution >= 0.6 is 23.2 Å². The lowest BCUT2D eigenvalue weighted by molar-refractivity contribution is -0.140. The fourth-order valence-electron chi connectivity index (χ4n) is 5.96. The first-order valence-corrected chi connectivity index (χ1v) is 13.7. The van der Waals surface area contributed by atoms with E-state index < -0.39 is 64.8 Å². The largest absolute Gasteiger partial charge is 0.496 e. The molecular formula is C30H22Cl2F6N2O3. The summed E-state index contributed by atoms with van der Waals surface area (Å²) in [6, 6.07) is 7.46. The molecule has 43 heavy (non-hydrogen) atoms. The number of rotatable bonds is 6. The molecular weight excluding hydrogens is 621 g/mol. The Balaban J connectivity index is 1.53. The first kappa shape index (κ1) is 30.7. The van der Waals surface area contributed by atoms with Gasteiger partial charge in [-0.25, -0.2) is 13.2 Å². The van der Waals surface area contributed by atoms with Crippen molar-refractivity contribution in [3.63, 3.8) is 0 Å². The molecule has 0 radical (unpaired) electrons. The molecule has 2 bridgehead atoms. The van der Waals surface area contributed by atoms with E-state index in [0.29, 0.717) is 52.7 Å². The predicted molar refractivity (Wildman–Crippen MR) is 148 cm³/mol. The van der Waals surface area contributed by atoms with Gasteiger partial charge in [0.2, 0.25) is 5.91 Å². The van der Waals surface area contributed by atoms with Crippen LogP contribution in [0, 0.1) is 35.2 Å². The summed E-state index contributed by atoms with van der Waals surface area (Å²) in [5.41, 5.74) is -0.959. The van der Waals surface area contributed by atoms with Crippen molar-refractivity contribution >= 4 is 46.8 Å². The quantitative estimate of drug-likeness (QED) is 0.269. The average Bonchev–Trinajstić information content (AvgIpc) is 3.47. The third-order valence-electron chi connectivity index (χ3n) is 7.84. The lowest BCUT2D eigenvalue weighted by Crippen LogP contribution is -2.48. The summed E-state index contributed by atoms with van der Waals surface area (Å²) in [7, 11) is 1.17. The second-order valence-electron chi connectivity index (χ2n) is 10.2. The molecule has 2 saturated carbocycles. The van der Waals surface area contributed by atoms with Crippen LogP contribution in [0.1, 0.15) is 34.3 Å². The Morgan fingerprint density at radius 3 is 2.23 bits per heavy atom. The number of benzene rings is 3. The number of halogens is 8. The van der Waals surface area contributed by atoms with Crippen LogP contribution in [0.5, 0.6) is 5.75 Å². The van der Waals surface area contributed by atoms with Crippen molar-refractivity contribution in [3.05, 3.63) is 98.3 Å². The third-order valence-corrected chi connectivity index (χ3v) is 8.50. The number of nitrogens with one attached hydrogen (secondary N) is 2. The molecule has 0 heterocycles. The Bertz CT molecular complexity index is 1620. The Morgan fingerprint density at radius 2 is 1.58 bits per heavy atom. The van der Waals surface area contributed by atoms with E-state index >= 15 is 0 Å². The molecule has 2 fully saturated rings. The fraction of sp³-hybridized carbons (Fsp3) is 0.267. The number of hydrogen-bond acceptors (Lipinski definition) is 3. The summed E-state index contributed by atoms with van der Waals surface area (Å²) >= 11 is 12.8. The molecule has 13 heteroatoms. The topological polar surface area (TPSA) is 67.4 Å². The van der Waals surface area contributed by atoms with Gasteiger partial charge in [-0.05, 0) is 55.2 Å². The van der Waals surface area contributed by atoms with E-state index in [-0.39, 0.29) is 17.0 Å². The number of fused-ring (bicyclic) bond motifs is 2. The first-order chi connectivity index (χ1) is 20.3. The number of amides is 2. The van der Waals surface area contributed by atoms with Gasteiger partial charge in [0.1, 0.15) is 11.6 Å². The van der Waals surface area contributed by atoms with Gasteiger partial charge in [-0.2, -0.15) is 13.2 Å². The normalized spacial score (nSPS) is 22.1. The van der Waals surface area contributed by atoms with Gasteiger partial charge in [-0.15, -0.1) is 0 Å². The van der Waals surface area contributed by atoms with Crippen LogP contribution in [-0.2, 0) is 11.0 Å². The highest BCUT2D eigenvalue weighted by Crippen LogP contribution is 2.54. The zero-order chi connectivity index (χ0) is 31.2. The van der Waals surface area contributed by atoms with E-state index in [1.807, 2.05) is 0 Å². The smallest absolute Gasteiger partial charge is 0.419 e. The van der Waals surface area contributed by atoms with Gasteiger partial charge < -0.3 is 15.4 Å². The van der Waals surface area contributed by atoms with Crippen molar-refractivity contribution in [1.82, 2.24) is 5.32 Å². The number of methoxy groups -OCH3 is 1. The molecule has 3 aromatic carbocycles. The van der Waals surface area contributed by atoms with Crippen molar-refractivity contribution in [1.29, 1.82) is 0 Å². The highest BCUT2D eigenvalue weighted by molar-refractivity contribution is 6.37. The van der Waals surface area contributed by atoms with E-state index in [2.05, 4.69) is 10.6 Å². The van der Waals surface area contributed by atoms with Gasteiger partial charge in [0, 0.05) is 39.3 Å². The highest BCUT2D eigenvalue weighted by atomic mass is 35.5. The minimum absolute atomic E-state index is 0.245. The first-order valence-electron chi connectivity index (χ1n) is 13.0. The van der Waals surface area contributed by atoms with Crippen LogP contribution in [0.25, 0.3) is 6.08 Å². The zero-order valence-electron chi connectivity index (χ0n) is 22.2. The van der Waals surface area contributed by atoms with Crippen molar-refractivity contribution < 1.29 is 40.7 Å². The van der Waals surface area contributed by atoms with Crippen molar-refractivity contribution in [3.8, 4) is 5.75 Å². The van der Waals surface area contributed by atoms with Crippen LogP contribution in [0.15, 0.2) is 54.1 Å². The maximum Gasteiger partial charge on any atom is 0.419 e. The fourth-order valence-corrected chi connectivity index (χ4v) is 6.46. The standard InChI is InChI=1S/C30H22Cl2F6N2O3/c1-43-25-12-24(35)23(34)11-18(25)28(41)40-27-15-7-6-14(16(15)10-17-20(31)3-2-4-21(17)32)26(27)29(42)39-13-5-8-22(33)19(9-13)30(36,37)38/h2-5,8-12,14-15,26-27H,6-7H2,1H3,(H,39,42)(H,40,41)/t14?,15?,26-,27+/m0/s1. The SMILES string of the molecule is COc1cc(F)c(F)cc1C(=O)N[C@@H]1C2CCC(C2=Cc2c(Cl)cccc2Cl)[C@@H]1C(=O)Nc1ccc(F)c(C(F)(F)F)c1. The molecule has 3 aromatic rings. The summed E-state index contributed by atoms with van der Waals surface area (Å²) in [6.45, 7) is 0. The molecule has 5 nitrogen and oxygen atoms in total. The number of hydrogen-bond donors (Lipinski definition) is 2. The molecule has 0 aromatic heterocycles. The molecule has 2 aliphatic rings. The lowest BCUT2D eigenvalue weighted by Gasteiger charge is -2.30. The summed E-state index contributed by atoms with van der Waals surface area (Å²) in [6.07, 6.45) is -2.25. The molecule has 5 rings (SSSR count). The number of ether oxygens (including phenoxy) is 1. The Morgan fingerprint density at radius 1 is 0.930 bits per heavy atom. The second-order valence-corrected chi connectivity index (χ2v) is 11.1. The number of carbonyl (C=O) groups is 2. The number of carbonyl (C=O) groups excluding carboxylic acids is 2. The van der Waals surface area contributed by atoms with Crippen molar-refractivity contribution in [2.75, 3.05) is 12.4 Å². The van der Waals surface area contributed by atoms with Crippen molar-refractivity contribution in [2.24, 2.45) is 17.8 Å². The van der Waals surface area contributed by atoms with Crippen molar-refractivity contribution in [2.45, 2.75) is 25.1 Å². The van der Waals surface area contributed by atoms with E-state index in [1.165, 1.54) is 7.11 Å². The Hall–Kier alpha value is -3.70. The highest BCUT2D eigenvalue weighted by Gasteiger charge is 2.55. The zero-order valence-corrected chi connectivity index (χ0v) is 23.7. The molecule has 2 unspecified atom stereocenters. The minimum atomic E-state index is -5.00. The van der Waals surface area contributed by atoms with E-state index in [9.17, 15) is 35.9 Å². The Kier molecular flexibility index (Phi) is 8.41. The molecule has 0 saturated heterocycles. The second kappa shape index (κ2) is 11.8. The molecule has 0 aliphatic heterocycles. The van der Waals surface area contributed by atoms with Crippen LogP contribution in [0.3, 0.4) is 0 Å². The number of alkyl halides is 3. The maximum atomic E-state index is 14.1. The summed E-state index contributed by atoms with van der Waals surface area (Å²) < 4.78 is 86.7. The summed E-state index contributed by atoms with van der Waals surface area (Å²) in [5, 5.41) is 5.84. The summed E-state index contributed by atoms with van der Waals surface area (Å²) in [4.78, 5) is 27.1.